The summed E-state index contributed by atoms with van der Waals surface area (Å²) in [6.45, 7) is 2.45. The van der Waals surface area contributed by atoms with Crippen molar-refractivity contribution < 1.29 is 9.90 Å². The highest BCUT2D eigenvalue weighted by atomic mass is 35.5. The second kappa shape index (κ2) is 7.96. The van der Waals surface area contributed by atoms with Crippen LogP contribution in [0.2, 0.25) is 5.02 Å². The molecule has 1 aromatic carbocycles. The number of hydrogen-bond acceptors (Lipinski definition) is 4. The van der Waals surface area contributed by atoms with E-state index < -0.39 is 0 Å². The molecule has 24 heavy (non-hydrogen) atoms. The van der Waals surface area contributed by atoms with Crippen LogP contribution in [-0.2, 0) is 11.2 Å². The van der Waals surface area contributed by atoms with E-state index in [-0.39, 0.29) is 12.0 Å². The number of H-pyrrole nitrogens is 1. The van der Waals surface area contributed by atoms with Gasteiger partial charge in [0, 0.05) is 24.5 Å². The molecule has 1 amide bonds. The Bertz CT molecular complexity index is 703. The molecule has 6 nitrogen and oxygen atoms in total. The maximum atomic E-state index is 11.9. The number of aryl methyl sites for hydroxylation is 1. The SMILES string of the molecule is O=C(CN1CCC[C@H](O)C1)NCCCc1nc2ccc(Cl)cc2[nH]1. The van der Waals surface area contributed by atoms with E-state index in [2.05, 4.69) is 15.3 Å². The van der Waals surface area contributed by atoms with Crippen molar-refractivity contribution in [2.45, 2.75) is 31.8 Å². The summed E-state index contributed by atoms with van der Waals surface area (Å²) in [5.41, 5.74) is 1.84. The molecular formula is C17H23ClN4O2. The Kier molecular flexibility index (Phi) is 5.71. The molecule has 1 aromatic heterocycles. The second-order valence-corrected chi connectivity index (χ2v) is 6.77. The Labute approximate surface area is 146 Å². The topological polar surface area (TPSA) is 81.2 Å². The number of aromatic nitrogens is 2. The minimum Gasteiger partial charge on any atom is -0.392 e. The van der Waals surface area contributed by atoms with Crippen molar-refractivity contribution in [2.24, 2.45) is 0 Å². The number of nitrogens with zero attached hydrogens (tertiary/aromatic N) is 2. The number of rotatable bonds is 6. The third-order valence-corrected chi connectivity index (χ3v) is 4.49. The molecule has 2 aromatic rings. The highest BCUT2D eigenvalue weighted by Gasteiger charge is 2.19. The summed E-state index contributed by atoms with van der Waals surface area (Å²) >= 11 is 5.96. The fourth-order valence-corrected chi connectivity index (χ4v) is 3.24. The molecule has 3 rings (SSSR count). The van der Waals surface area contributed by atoms with E-state index in [4.69, 9.17) is 11.6 Å². The summed E-state index contributed by atoms with van der Waals surface area (Å²) in [4.78, 5) is 21.7. The van der Waals surface area contributed by atoms with Gasteiger partial charge in [-0.3, -0.25) is 9.69 Å². The molecule has 0 saturated carbocycles. The fourth-order valence-electron chi connectivity index (χ4n) is 3.07. The molecule has 3 N–H and O–H groups in total. The lowest BCUT2D eigenvalue weighted by Crippen LogP contribution is -2.44. The first kappa shape index (κ1) is 17.2. The molecule has 2 heterocycles. The predicted molar refractivity (Wildman–Crippen MR) is 94.1 cm³/mol. The van der Waals surface area contributed by atoms with Gasteiger partial charge in [0.15, 0.2) is 0 Å². The van der Waals surface area contributed by atoms with Crippen LogP contribution in [0.4, 0.5) is 0 Å². The Morgan fingerprint density at radius 3 is 3.21 bits per heavy atom. The Balaban J connectivity index is 1.38. The minimum absolute atomic E-state index is 0.0143. The van der Waals surface area contributed by atoms with Gasteiger partial charge in [-0.25, -0.2) is 4.98 Å². The number of carbonyl (C=O) groups excluding carboxylic acids is 1. The molecular weight excluding hydrogens is 328 g/mol. The molecule has 0 radical (unpaired) electrons. The van der Waals surface area contributed by atoms with Gasteiger partial charge >= 0.3 is 0 Å². The van der Waals surface area contributed by atoms with Crippen LogP contribution in [0.3, 0.4) is 0 Å². The number of piperidine rings is 1. The quantitative estimate of drug-likeness (QED) is 0.693. The van der Waals surface area contributed by atoms with E-state index in [1.807, 2.05) is 23.1 Å². The molecule has 0 spiro atoms. The van der Waals surface area contributed by atoms with Gasteiger partial charge in [0.25, 0.3) is 0 Å². The van der Waals surface area contributed by atoms with Crippen LogP contribution in [0.15, 0.2) is 18.2 Å². The van der Waals surface area contributed by atoms with Crippen molar-refractivity contribution in [3.05, 3.63) is 29.0 Å². The minimum atomic E-state index is -0.298. The molecule has 130 valence electrons. The summed E-state index contributed by atoms with van der Waals surface area (Å²) in [6, 6.07) is 5.58. The number of carbonyl (C=O) groups is 1. The van der Waals surface area contributed by atoms with Gasteiger partial charge in [-0.1, -0.05) is 11.6 Å². The molecule has 1 aliphatic rings. The number of aliphatic hydroxyl groups is 1. The number of β-amino-alcohol motifs (C(OH)–C–C–N with tert-alkyl or cyclic N) is 1. The summed E-state index contributed by atoms with van der Waals surface area (Å²) in [6.07, 6.45) is 3.08. The maximum absolute atomic E-state index is 11.9. The number of hydrogen-bond donors (Lipinski definition) is 3. The monoisotopic (exact) mass is 350 g/mol. The highest BCUT2D eigenvalue weighted by Crippen LogP contribution is 2.17. The van der Waals surface area contributed by atoms with Crippen molar-refractivity contribution in [3.8, 4) is 0 Å². The third kappa shape index (κ3) is 4.69. The Morgan fingerprint density at radius 1 is 1.50 bits per heavy atom. The van der Waals surface area contributed by atoms with Crippen molar-refractivity contribution in [1.82, 2.24) is 20.2 Å². The van der Waals surface area contributed by atoms with Gasteiger partial charge < -0.3 is 15.4 Å². The molecule has 7 heteroatoms. The van der Waals surface area contributed by atoms with E-state index in [0.717, 1.165) is 49.1 Å². The lowest BCUT2D eigenvalue weighted by Gasteiger charge is -2.29. The smallest absolute Gasteiger partial charge is 0.234 e. The molecule has 1 saturated heterocycles. The summed E-state index contributed by atoms with van der Waals surface area (Å²) in [5, 5.41) is 13.2. The van der Waals surface area contributed by atoms with Crippen LogP contribution in [0.5, 0.6) is 0 Å². The van der Waals surface area contributed by atoms with Crippen molar-refractivity contribution in [2.75, 3.05) is 26.2 Å². The Morgan fingerprint density at radius 2 is 2.38 bits per heavy atom. The molecule has 0 bridgehead atoms. The fraction of sp³-hybridized carbons (Fsp3) is 0.529. The number of likely N-dealkylation sites (tertiary alicyclic amines) is 1. The largest absolute Gasteiger partial charge is 0.392 e. The van der Waals surface area contributed by atoms with Crippen LogP contribution < -0.4 is 5.32 Å². The number of aromatic amines is 1. The molecule has 1 atom stereocenters. The zero-order valence-corrected chi connectivity index (χ0v) is 14.4. The van der Waals surface area contributed by atoms with Gasteiger partial charge in [0.2, 0.25) is 5.91 Å². The predicted octanol–water partition coefficient (Wildman–Crippen LogP) is 1.72. The van der Waals surface area contributed by atoms with Crippen LogP contribution in [0.25, 0.3) is 11.0 Å². The molecule has 1 fully saturated rings. The number of fused-ring (bicyclic) bond motifs is 1. The third-order valence-electron chi connectivity index (χ3n) is 4.25. The zero-order chi connectivity index (χ0) is 16.9. The Hall–Kier alpha value is -1.63. The van der Waals surface area contributed by atoms with E-state index in [9.17, 15) is 9.90 Å². The highest BCUT2D eigenvalue weighted by molar-refractivity contribution is 6.31. The van der Waals surface area contributed by atoms with Gasteiger partial charge in [0.1, 0.15) is 5.82 Å². The van der Waals surface area contributed by atoms with E-state index in [1.54, 1.807) is 0 Å². The molecule has 1 aliphatic heterocycles. The summed E-state index contributed by atoms with van der Waals surface area (Å²) < 4.78 is 0. The molecule has 0 unspecified atom stereocenters. The van der Waals surface area contributed by atoms with Crippen LogP contribution in [0.1, 0.15) is 25.1 Å². The number of aliphatic hydroxyl groups excluding tert-OH is 1. The average Bonchev–Trinajstić information content (AvgIpc) is 2.93. The van der Waals surface area contributed by atoms with Gasteiger partial charge in [-0.2, -0.15) is 0 Å². The number of amides is 1. The normalized spacial score (nSPS) is 18.8. The van der Waals surface area contributed by atoms with Crippen LogP contribution in [0, 0.1) is 0 Å². The first-order valence-electron chi connectivity index (χ1n) is 8.41. The van der Waals surface area contributed by atoms with Crippen molar-refractivity contribution >= 4 is 28.5 Å². The van der Waals surface area contributed by atoms with Crippen LogP contribution >= 0.6 is 11.6 Å². The summed E-state index contributed by atoms with van der Waals surface area (Å²) in [5.74, 6) is 0.918. The average molecular weight is 351 g/mol. The van der Waals surface area contributed by atoms with E-state index in [0.29, 0.717) is 24.7 Å². The lowest BCUT2D eigenvalue weighted by atomic mass is 10.1. The molecule has 0 aliphatic carbocycles. The van der Waals surface area contributed by atoms with Crippen molar-refractivity contribution in [3.63, 3.8) is 0 Å². The van der Waals surface area contributed by atoms with Crippen molar-refractivity contribution in [1.29, 1.82) is 0 Å². The zero-order valence-electron chi connectivity index (χ0n) is 13.6. The van der Waals surface area contributed by atoms with Gasteiger partial charge in [-0.05, 0) is 44.0 Å². The number of nitrogens with one attached hydrogen (secondary N) is 2. The second-order valence-electron chi connectivity index (χ2n) is 6.33. The van der Waals surface area contributed by atoms with E-state index >= 15 is 0 Å². The standard InChI is InChI=1S/C17H23ClN4O2/c18-12-5-6-14-15(9-12)21-16(20-14)4-1-7-19-17(24)11-22-8-2-3-13(23)10-22/h5-6,9,13,23H,1-4,7-8,10-11H2,(H,19,24)(H,20,21)/t13-/m0/s1. The number of halogens is 1. The van der Waals surface area contributed by atoms with Gasteiger partial charge in [-0.15, -0.1) is 0 Å². The maximum Gasteiger partial charge on any atom is 0.234 e. The van der Waals surface area contributed by atoms with E-state index in [1.165, 1.54) is 0 Å². The lowest BCUT2D eigenvalue weighted by molar-refractivity contribution is -0.122. The van der Waals surface area contributed by atoms with Crippen LogP contribution in [-0.4, -0.2) is 58.2 Å². The summed E-state index contributed by atoms with van der Waals surface area (Å²) in [7, 11) is 0. The van der Waals surface area contributed by atoms with Gasteiger partial charge in [0.05, 0.1) is 23.7 Å². The number of imidazole rings is 1. The first-order chi connectivity index (χ1) is 11.6. The number of benzene rings is 1. The first-order valence-corrected chi connectivity index (χ1v) is 8.79.